The van der Waals surface area contributed by atoms with Gasteiger partial charge in [-0.05, 0) is 80.3 Å². The van der Waals surface area contributed by atoms with Gasteiger partial charge in [0.05, 0.1) is 11.0 Å². The minimum Gasteiger partial charge on any atom is -0.484 e. The first-order chi connectivity index (χ1) is 17.6. The highest BCUT2D eigenvalue weighted by Crippen LogP contribution is 2.40. The van der Waals surface area contributed by atoms with E-state index in [1.807, 2.05) is 18.2 Å². The van der Waals surface area contributed by atoms with Crippen molar-refractivity contribution in [1.82, 2.24) is 14.9 Å². The Bertz CT molecular complexity index is 1240. The summed E-state index contributed by atoms with van der Waals surface area (Å²) in [4.78, 5) is 16.8. The van der Waals surface area contributed by atoms with Gasteiger partial charge in [0.15, 0.2) is 6.61 Å². The van der Waals surface area contributed by atoms with Crippen LogP contribution in [0.1, 0.15) is 52.0 Å². The lowest BCUT2D eigenvalue weighted by molar-refractivity contribution is -0.274. The molecule has 2 N–H and O–H groups in total. The van der Waals surface area contributed by atoms with Crippen LogP contribution in [-0.2, 0) is 4.79 Å². The normalized spacial score (nSPS) is 22.0. The lowest BCUT2D eigenvalue weighted by Crippen LogP contribution is -2.30. The third kappa shape index (κ3) is 6.47. The Hall–Kier alpha value is -3.43. The number of nitrogens with one attached hydrogen (secondary N) is 2. The first-order valence-corrected chi connectivity index (χ1v) is 12.7. The molecule has 5 rings (SSSR count). The molecule has 2 saturated carbocycles. The molecule has 1 heterocycles. The average Bonchev–Trinajstić information content (AvgIpc) is 3.55. The van der Waals surface area contributed by atoms with E-state index in [9.17, 15) is 18.0 Å². The van der Waals surface area contributed by atoms with Crippen LogP contribution in [0.25, 0.3) is 11.0 Å². The predicted molar refractivity (Wildman–Crippen MR) is 134 cm³/mol. The predicted octanol–water partition coefficient (Wildman–Crippen LogP) is 6.33. The second-order valence-electron chi connectivity index (χ2n) is 10.4. The van der Waals surface area contributed by atoms with Crippen LogP contribution in [0, 0.1) is 11.8 Å². The van der Waals surface area contributed by atoms with Crippen LogP contribution in [0.2, 0.25) is 0 Å². The van der Waals surface area contributed by atoms with Gasteiger partial charge >= 0.3 is 6.36 Å². The number of ether oxygens (including phenoxy) is 2. The van der Waals surface area contributed by atoms with E-state index in [1.54, 1.807) is 0 Å². The van der Waals surface area contributed by atoms with Crippen molar-refractivity contribution in [3.8, 4) is 11.5 Å². The standard InChI is InChI=1S/C27H31F3N4O3/c1-16-11-17(2)13-20(12-16)34-24-10-9-22(36-15-25(35)31-18-3-4-18)14-23(24)33-26(34)32-19-5-7-21(8-6-19)37-27(28,29)30/h5-10,14,16-18,20H,3-4,11-13,15H2,1-2H3,(H,31,35)(H,32,33). The maximum absolute atomic E-state index is 12.5. The maximum Gasteiger partial charge on any atom is 0.573 e. The zero-order valence-corrected chi connectivity index (χ0v) is 20.8. The highest BCUT2D eigenvalue weighted by Gasteiger charge is 2.31. The number of halogens is 3. The number of nitrogens with zero attached hydrogens (tertiary/aromatic N) is 2. The third-order valence-corrected chi connectivity index (χ3v) is 6.84. The van der Waals surface area contributed by atoms with Crippen molar-refractivity contribution in [1.29, 1.82) is 0 Å². The molecule has 2 aromatic carbocycles. The van der Waals surface area contributed by atoms with Gasteiger partial charge < -0.3 is 24.7 Å². The van der Waals surface area contributed by atoms with Crippen LogP contribution >= 0.6 is 0 Å². The van der Waals surface area contributed by atoms with E-state index in [-0.39, 0.29) is 30.3 Å². The molecule has 0 aliphatic heterocycles. The zero-order valence-electron chi connectivity index (χ0n) is 20.8. The summed E-state index contributed by atoms with van der Waals surface area (Å²) >= 11 is 0. The van der Waals surface area contributed by atoms with Crippen LogP contribution in [0.5, 0.6) is 11.5 Å². The first kappa shape index (κ1) is 25.2. The van der Waals surface area contributed by atoms with Gasteiger partial charge in [0.2, 0.25) is 5.95 Å². The molecular formula is C27H31F3N4O3. The van der Waals surface area contributed by atoms with Gasteiger partial charge in [0.1, 0.15) is 11.5 Å². The number of fused-ring (bicyclic) bond motifs is 1. The van der Waals surface area contributed by atoms with E-state index in [0.29, 0.717) is 34.7 Å². The van der Waals surface area contributed by atoms with E-state index in [2.05, 4.69) is 33.8 Å². The van der Waals surface area contributed by atoms with Crippen molar-refractivity contribution in [2.45, 2.75) is 64.4 Å². The van der Waals surface area contributed by atoms with Crippen LogP contribution in [-0.4, -0.2) is 34.5 Å². The monoisotopic (exact) mass is 516 g/mol. The lowest BCUT2D eigenvalue weighted by atomic mass is 9.80. The Labute approximate surface area is 213 Å². The SMILES string of the molecule is CC1CC(C)CC(n2c(Nc3ccc(OC(F)(F)F)cc3)nc3cc(OCC(=O)NC4CC4)ccc32)C1. The number of amides is 1. The Morgan fingerprint density at radius 3 is 2.35 bits per heavy atom. The quantitative estimate of drug-likeness (QED) is 0.366. The zero-order chi connectivity index (χ0) is 26.2. The third-order valence-electron chi connectivity index (χ3n) is 6.84. The number of rotatable bonds is 8. The summed E-state index contributed by atoms with van der Waals surface area (Å²) in [6.07, 6.45) is 0.469. The second-order valence-corrected chi connectivity index (χ2v) is 10.4. The molecule has 2 atom stereocenters. The number of carbonyl (C=O) groups excluding carboxylic acids is 1. The fourth-order valence-electron chi connectivity index (χ4n) is 5.26. The summed E-state index contributed by atoms with van der Waals surface area (Å²) in [5.41, 5.74) is 2.24. The van der Waals surface area contributed by atoms with E-state index in [4.69, 9.17) is 9.72 Å². The molecular weight excluding hydrogens is 485 g/mol. The smallest absolute Gasteiger partial charge is 0.484 e. The maximum atomic E-state index is 12.5. The molecule has 2 aliphatic carbocycles. The molecule has 0 radical (unpaired) electrons. The minimum atomic E-state index is -4.74. The van der Waals surface area contributed by atoms with Crippen LogP contribution in [0.15, 0.2) is 42.5 Å². The number of carbonyl (C=O) groups is 1. The van der Waals surface area contributed by atoms with Crippen molar-refractivity contribution in [2.24, 2.45) is 11.8 Å². The number of hydrogen-bond acceptors (Lipinski definition) is 5. The molecule has 7 nitrogen and oxygen atoms in total. The Morgan fingerprint density at radius 1 is 1.03 bits per heavy atom. The van der Waals surface area contributed by atoms with Crippen LogP contribution in [0.4, 0.5) is 24.8 Å². The van der Waals surface area contributed by atoms with Crippen LogP contribution < -0.4 is 20.1 Å². The van der Waals surface area contributed by atoms with Gasteiger partial charge in [0.25, 0.3) is 5.91 Å². The molecule has 1 aromatic heterocycles. The van der Waals surface area contributed by atoms with Crippen molar-refractivity contribution in [2.75, 3.05) is 11.9 Å². The summed E-state index contributed by atoms with van der Waals surface area (Å²) < 4.78 is 49.5. The number of anilines is 2. The number of benzene rings is 2. The number of alkyl halides is 3. The lowest BCUT2D eigenvalue weighted by Gasteiger charge is -2.33. The molecule has 0 spiro atoms. The minimum absolute atomic E-state index is 0.0577. The second kappa shape index (κ2) is 10.1. The van der Waals surface area contributed by atoms with Gasteiger partial charge in [-0.2, -0.15) is 0 Å². The molecule has 10 heteroatoms. The molecule has 2 fully saturated rings. The van der Waals surface area contributed by atoms with Gasteiger partial charge in [0, 0.05) is 23.8 Å². The summed E-state index contributed by atoms with van der Waals surface area (Å²) in [5, 5.41) is 6.19. The fourth-order valence-corrected chi connectivity index (χ4v) is 5.26. The number of aromatic nitrogens is 2. The molecule has 198 valence electrons. The van der Waals surface area contributed by atoms with Crippen molar-refractivity contribution in [3.63, 3.8) is 0 Å². The van der Waals surface area contributed by atoms with Crippen molar-refractivity contribution in [3.05, 3.63) is 42.5 Å². The number of imidazole rings is 1. The summed E-state index contributed by atoms with van der Waals surface area (Å²) in [7, 11) is 0. The van der Waals surface area contributed by atoms with E-state index >= 15 is 0 Å². The molecule has 3 aromatic rings. The largest absolute Gasteiger partial charge is 0.573 e. The Balaban J connectivity index is 1.41. The van der Waals surface area contributed by atoms with Gasteiger partial charge in [-0.1, -0.05) is 13.8 Å². The molecule has 2 aliphatic rings. The molecule has 2 unspecified atom stereocenters. The van der Waals surface area contributed by atoms with Crippen LogP contribution in [0.3, 0.4) is 0 Å². The average molecular weight is 517 g/mol. The molecule has 0 bridgehead atoms. The summed E-state index contributed by atoms with van der Waals surface area (Å²) in [5.74, 6) is 1.85. The Kier molecular flexibility index (Phi) is 6.92. The van der Waals surface area contributed by atoms with Gasteiger partial charge in [-0.25, -0.2) is 4.98 Å². The van der Waals surface area contributed by atoms with E-state index in [1.165, 1.54) is 30.7 Å². The topological polar surface area (TPSA) is 77.4 Å². The van der Waals surface area contributed by atoms with Gasteiger partial charge in [-0.3, -0.25) is 4.79 Å². The number of hydrogen-bond donors (Lipinski definition) is 2. The van der Waals surface area contributed by atoms with Gasteiger partial charge in [-0.15, -0.1) is 13.2 Å². The summed E-state index contributed by atoms with van der Waals surface area (Å²) in [6.45, 7) is 4.46. The van der Waals surface area contributed by atoms with Crippen molar-refractivity contribution < 1.29 is 27.4 Å². The highest BCUT2D eigenvalue weighted by atomic mass is 19.4. The first-order valence-electron chi connectivity index (χ1n) is 12.7. The van der Waals surface area contributed by atoms with Crippen molar-refractivity contribution >= 4 is 28.6 Å². The van der Waals surface area contributed by atoms with E-state index in [0.717, 1.165) is 31.2 Å². The summed E-state index contributed by atoms with van der Waals surface area (Å²) in [6, 6.07) is 11.7. The Morgan fingerprint density at radius 2 is 1.70 bits per heavy atom. The van der Waals surface area contributed by atoms with E-state index < -0.39 is 6.36 Å². The highest BCUT2D eigenvalue weighted by molar-refractivity contribution is 5.82. The molecule has 1 amide bonds. The molecule has 0 saturated heterocycles. The fraction of sp³-hybridized carbons (Fsp3) is 0.481. The molecule has 37 heavy (non-hydrogen) atoms.